The molecular formula is C25H30F3N7O2S. The molecule has 0 spiro atoms. The number of methoxy groups -OCH3 is 1. The average Bonchev–Trinajstić information content (AvgIpc) is 2.91. The van der Waals surface area contributed by atoms with Crippen LogP contribution in [0.1, 0.15) is 27.9 Å². The van der Waals surface area contributed by atoms with Crippen molar-refractivity contribution in [2.24, 2.45) is 0 Å². The molecule has 0 fully saturated rings. The SMILES string of the molecule is COCCCN(C)C(=O)c1ccc(Nc2ncc(C(F)(F)F)c(NCc3cccnc3N(C)SC)n2)cc1. The number of anilines is 4. The van der Waals surface area contributed by atoms with Crippen LogP contribution in [0.25, 0.3) is 0 Å². The molecular weight excluding hydrogens is 519 g/mol. The normalized spacial score (nSPS) is 11.2. The number of rotatable bonds is 12. The van der Waals surface area contributed by atoms with Crippen LogP contribution in [0.5, 0.6) is 0 Å². The third kappa shape index (κ3) is 7.71. The van der Waals surface area contributed by atoms with E-state index in [1.807, 2.05) is 17.6 Å². The van der Waals surface area contributed by atoms with Gasteiger partial charge in [-0.05, 0) is 36.8 Å². The second-order valence-corrected chi connectivity index (χ2v) is 9.16. The first-order valence-corrected chi connectivity index (χ1v) is 12.8. The molecule has 0 aliphatic heterocycles. The number of benzene rings is 1. The van der Waals surface area contributed by atoms with Gasteiger partial charge in [-0.15, -0.1) is 0 Å². The molecule has 0 aliphatic carbocycles. The van der Waals surface area contributed by atoms with Gasteiger partial charge >= 0.3 is 6.18 Å². The average molecular weight is 550 g/mol. The minimum absolute atomic E-state index is 0.0242. The van der Waals surface area contributed by atoms with Gasteiger partial charge in [-0.25, -0.2) is 9.97 Å². The molecule has 2 heterocycles. The first-order valence-electron chi connectivity index (χ1n) is 11.7. The Morgan fingerprint density at radius 3 is 2.53 bits per heavy atom. The number of amides is 1. The number of nitrogens with zero attached hydrogens (tertiary/aromatic N) is 5. The minimum atomic E-state index is -4.65. The number of ether oxygens (including phenoxy) is 1. The van der Waals surface area contributed by atoms with E-state index in [0.717, 1.165) is 12.6 Å². The van der Waals surface area contributed by atoms with Gasteiger partial charge in [-0.3, -0.25) is 4.79 Å². The topological polar surface area (TPSA) is 95.5 Å². The Balaban J connectivity index is 1.76. The van der Waals surface area contributed by atoms with Crippen LogP contribution in [0.2, 0.25) is 0 Å². The summed E-state index contributed by atoms with van der Waals surface area (Å²) in [5.41, 5.74) is 0.723. The fraction of sp³-hybridized carbons (Fsp3) is 0.360. The summed E-state index contributed by atoms with van der Waals surface area (Å²) in [6.07, 6.45) is 0.308. The Hall–Kier alpha value is -3.58. The smallest absolute Gasteiger partial charge is 0.385 e. The highest BCUT2D eigenvalue weighted by molar-refractivity contribution is 7.99. The number of carbonyl (C=O) groups is 1. The first-order chi connectivity index (χ1) is 18.1. The summed E-state index contributed by atoms with van der Waals surface area (Å²) < 4.78 is 47.8. The lowest BCUT2D eigenvalue weighted by Crippen LogP contribution is -2.28. The number of pyridine rings is 1. The van der Waals surface area contributed by atoms with Crippen molar-refractivity contribution in [3.05, 3.63) is 65.5 Å². The minimum Gasteiger partial charge on any atom is -0.385 e. The van der Waals surface area contributed by atoms with Crippen molar-refractivity contribution >= 4 is 41.1 Å². The second-order valence-electron chi connectivity index (χ2n) is 8.25. The van der Waals surface area contributed by atoms with E-state index in [0.29, 0.717) is 35.8 Å². The maximum atomic E-state index is 13.7. The Bertz CT molecular complexity index is 1210. The van der Waals surface area contributed by atoms with Gasteiger partial charge in [0.1, 0.15) is 17.2 Å². The largest absolute Gasteiger partial charge is 0.421 e. The molecule has 2 aromatic heterocycles. The van der Waals surface area contributed by atoms with Gasteiger partial charge in [0, 0.05) is 76.4 Å². The molecule has 3 rings (SSSR count). The maximum absolute atomic E-state index is 13.7. The summed E-state index contributed by atoms with van der Waals surface area (Å²) in [5.74, 6) is 0.101. The molecule has 0 saturated heterocycles. The van der Waals surface area contributed by atoms with Crippen LogP contribution in [0.15, 0.2) is 48.8 Å². The van der Waals surface area contributed by atoms with E-state index in [1.54, 1.807) is 61.7 Å². The zero-order valence-corrected chi connectivity index (χ0v) is 22.4. The lowest BCUT2D eigenvalue weighted by molar-refractivity contribution is -0.137. The van der Waals surface area contributed by atoms with Crippen molar-refractivity contribution in [3.8, 4) is 0 Å². The molecule has 0 atom stereocenters. The van der Waals surface area contributed by atoms with E-state index in [1.165, 1.54) is 11.9 Å². The summed E-state index contributed by atoms with van der Waals surface area (Å²) in [5, 5.41) is 5.70. The van der Waals surface area contributed by atoms with Crippen LogP contribution < -0.4 is 14.9 Å². The van der Waals surface area contributed by atoms with Gasteiger partial charge < -0.3 is 24.6 Å². The molecule has 1 aromatic carbocycles. The number of hydrogen-bond donors (Lipinski definition) is 2. The van der Waals surface area contributed by atoms with Crippen LogP contribution in [0.4, 0.5) is 36.4 Å². The number of halogens is 3. The molecule has 2 N–H and O–H groups in total. The van der Waals surface area contributed by atoms with E-state index in [9.17, 15) is 18.0 Å². The highest BCUT2D eigenvalue weighted by Gasteiger charge is 2.35. The highest BCUT2D eigenvalue weighted by atomic mass is 32.2. The molecule has 0 aliphatic rings. The van der Waals surface area contributed by atoms with Crippen molar-refractivity contribution < 1.29 is 22.7 Å². The summed E-state index contributed by atoms with van der Waals surface area (Å²) >= 11 is 1.43. The fourth-order valence-corrected chi connectivity index (χ4v) is 3.83. The van der Waals surface area contributed by atoms with Crippen molar-refractivity contribution in [1.29, 1.82) is 0 Å². The van der Waals surface area contributed by atoms with E-state index >= 15 is 0 Å². The molecule has 38 heavy (non-hydrogen) atoms. The lowest BCUT2D eigenvalue weighted by Gasteiger charge is -2.19. The summed E-state index contributed by atoms with van der Waals surface area (Å²) in [6.45, 7) is 1.18. The van der Waals surface area contributed by atoms with Gasteiger partial charge in [0.2, 0.25) is 5.95 Å². The number of aromatic nitrogens is 3. The Kier molecular flexibility index (Phi) is 10.1. The Labute approximate surface area is 224 Å². The second kappa shape index (κ2) is 13.3. The molecule has 9 nitrogen and oxygen atoms in total. The quantitative estimate of drug-likeness (QED) is 0.237. The van der Waals surface area contributed by atoms with Crippen molar-refractivity contribution in [1.82, 2.24) is 19.9 Å². The van der Waals surface area contributed by atoms with E-state index in [2.05, 4.69) is 25.6 Å². The third-order valence-corrected chi connectivity index (χ3v) is 6.28. The molecule has 0 bridgehead atoms. The standard InChI is InChI=1S/C25H30F3N7O2S/c1-34(13-6-14-37-3)23(36)17-8-10-19(11-9-17)32-24-31-16-20(25(26,27)28)21(33-24)30-15-18-7-5-12-29-22(18)35(2)38-4/h5,7-12,16H,6,13-15H2,1-4H3,(H2,30,31,32,33). The van der Waals surface area contributed by atoms with Gasteiger partial charge in [0.25, 0.3) is 5.91 Å². The molecule has 204 valence electrons. The summed E-state index contributed by atoms with van der Waals surface area (Å²) in [7, 11) is 5.14. The van der Waals surface area contributed by atoms with Gasteiger partial charge in [-0.2, -0.15) is 18.2 Å². The molecule has 0 radical (unpaired) electrons. The highest BCUT2D eigenvalue weighted by Crippen LogP contribution is 2.34. The fourth-order valence-electron chi connectivity index (χ4n) is 3.49. The Morgan fingerprint density at radius 2 is 1.87 bits per heavy atom. The van der Waals surface area contributed by atoms with E-state index in [-0.39, 0.29) is 24.2 Å². The van der Waals surface area contributed by atoms with Crippen LogP contribution in [0, 0.1) is 0 Å². The van der Waals surface area contributed by atoms with E-state index in [4.69, 9.17) is 4.74 Å². The molecule has 13 heteroatoms. The van der Waals surface area contributed by atoms with Crippen molar-refractivity contribution in [3.63, 3.8) is 0 Å². The van der Waals surface area contributed by atoms with Gasteiger partial charge in [0.15, 0.2) is 0 Å². The first kappa shape index (κ1) is 29.0. The van der Waals surface area contributed by atoms with Crippen molar-refractivity contribution in [2.75, 3.05) is 55.6 Å². The number of alkyl halides is 3. The predicted octanol–water partition coefficient (Wildman–Crippen LogP) is 5.07. The van der Waals surface area contributed by atoms with Crippen molar-refractivity contribution in [2.45, 2.75) is 19.1 Å². The predicted molar refractivity (Wildman–Crippen MR) is 144 cm³/mol. The molecule has 1 amide bonds. The maximum Gasteiger partial charge on any atom is 0.421 e. The zero-order valence-electron chi connectivity index (χ0n) is 21.5. The van der Waals surface area contributed by atoms with Gasteiger partial charge in [-0.1, -0.05) is 18.0 Å². The third-order valence-electron chi connectivity index (χ3n) is 5.56. The van der Waals surface area contributed by atoms with Crippen LogP contribution >= 0.6 is 11.9 Å². The zero-order chi connectivity index (χ0) is 27.7. The number of nitrogens with one attached hydrogen (secondary N) is 2. The molecule has 3 aromatic rings. The Morgan fingerprint density at radius 1 is 1.13 bits per heavy atom. The van der Waals surface area contributed by atoms with Crippen LogP contribution in [-0.4, -0.2) is 66.4 Å². The van der Waals surface area contributed by atoms with E-state index < -0.39 is 11.7 Å². The summed E-state index contributed by atoms with van der Waals surface area (Å²) in [6, 6.07) is 10.1. The van der Waals surface area contributed by atoms with Crippen LogP contribution in [0.3, 0.4) is 0 Å². The number of hydrogen-bond acceptors (Lipinski definition) is 9. The molecule has 0 unspecified atom stereocenters. The summed E-state index contributed by atoms with van der Waals surface area (Å²) in [4.78, 5) is 26.4. The van der Waals surface area contributed by atoms with Crippen LogP contribution in [-0.2, 0) is 17.5 Å². The molecule has 0 saturated carbocycles. The number of carbonyl (C=O) groups excluding carboxylic acids is 1. The monoisotopic (exact) mass is 549 g/mol. The van der Waals surface area contributed by atoms with Gasteiger partial charge in [0.05, 0.1) is 0 Å². The lowest BCUT2D eigenvalue weighted by atomic mass is 10.2.